The second-order valence-corrected chi connectivity index (χ2v) is 5.84. The SMILES string of the molecule is COc1cccc(C(=O)C2(C)CCCS2)c1. The third-order valence-corrected chi connectivity index (χ3v) is 4.55. The van der Waals surface area contributed by atoms with Gasteiger partial charge in [0.25, 0.3) is 0 Å². The summed E-state index contributed by atoms with van der Waals surface area (Å²) in [5.41, 5.74) is 0.760. The van der Waals surface area contributed by atoms with Crippen molar-refractivity contribution in [2.24, 2.45) is 0 Å². The molecular formula is C13H16O2S. The topological polar surface area (TPSA) is 26.3 Å². The molecule has 86 valence electrons. The van der Waals surface area contributed by atoms with E-state index in [2.05, 4.69) is 0 Å². The maximum Gasteiger partial charge on any atom is 0.178 e. The van der Waals surface area contributed by atoms with E-state index in [9.17, 15) is 4.79 Å². The van der Waals surface area contributed by atoms with E-state index in [0.717, 1.165) is 29.9 Å². The Bertz CT molecular complexity index is 395. The van der Waals surface area contributed by atoms with Gasteiger partial charge in [-0.1, -0.05) is 12.1 Å². The summed E-state index contributed by atoms with van der Waals surface area (Å²) in [6.07, 6.45) is 2.12. The number of ketones is 1. The van der Waals surface area contributed by atoms with Crippen molar-refractivity contribution in [1.82, 2.24) is 0 Å². The Morgan fingerprint density at radius 3 is 2.94 bits per heavy atom. The van der Waals surface area contributed by atoms with Crippen molar-refractivity contribution < 1.29 is 9.53 Å². The average Bonchev–Trinajstić information content (AvgIpc) is 2.76. The fourth-order valence-corrected chi connectivity index (χ4v) is 3.30. The predicted molar refractivity (Wildman–Crippen MR) is 67.4 cm³/mol. The van der Waals surface area contributed by atoms with Gasteiger partial charge in [0.05, 0.1) is 11.9 Å². The van der Waals surface area contributed by atoms with E-state index in [4.69, 9.17) is 4.74 Å². The van der Waals surface area contributed by atoms with Crippen molar-refractivity contribution in [1.29, 1.82) is 0 Å². The first-order valence-electron chi connectivity index (χ1n) is 5.48. The van der Waals surface area contributed by atoms with Crippen molar-refractivity contribution in [3.63, 3.8) is 0 Å². The molecule has 1 saturated heterocycles. The standard InChI is InChI=1S/C13H16O2S/c1-13(7-4-8-16-13)12(14)10-5-3-6-11(9-10)15-2/h3,5-6,9H,4,7-8H2,1-2H3. The number of carbonyl (C=O) groups excluding carboxylic acids is 1. The van der Waals surface area contributed by atoms with E-state index in [-0.39, 0.29) is 10.5 Å². The molecular weight excluding hydrogens is 220 g/mol. The molecule has 3 heteroatoms. The summed E-state index contributed by atoms with van der Waals surface area (Å²) in [5, 5.41) is 0. The Hall–Kier alpha value is -0.960. The first kappa shape index (κ1) is 11.5. The van der Waals surface area contributed by atoms with Crippen molar-refractivity contribution in [2.45, 2.75) is 24.5 Å². The molecule has 16 heavy (non-hydrogen) atoms. The molecule has 1 aliphatic heterocycles. The molecule has 1 aliphatic rings. The van der Waals surface area contributed by atoms with Crippen LogP contribution in [0.2, 0.25) is 0 Å². The van der Waals surface area contributed by atoms with Crippen LogP contribution in [0.5, 0.6) is 5.75 Å². The monoisotopic (exact) mass is 236 g/mol. The maximum atomic E-state index is 12.4. The van der Waals surface area contributed by atoms with Crippen LogP contribution in [0.15, 0.2) is 24.3 Å². The predicted octanol–water partition coefficient (Wildman–Crippen LogP) is 3.16. The minimum absolute atomic E-state index is 0.230. The molecule has 2 nitrogen and oxygen atoms in total. The summed E-state index contributed by atoms with van der Waals surface area (Å²) in [6.45, 7) is 2.05. The van der Waals surface area contributed by atoms with Crippen LogP contribution in [-0.4, -0.2) is 23.4 Å². The lowest BCUT2D eigenvalue weighted by atomic mass is 9.94. The van der Waals surface area contributed by atoms with Gasteiger partial charge in [0.15, 0.2) is 5.78 Å². The van der Waals surface area contributed by atoms with Crippen LogP contribution in [0, 0.1) is 0 Å². The molecule has 0 aromatic heterocycles. The first-order chi connectivity index (χ1) is 7.65. The zero-order chi connectivity index (χ0) is 11.6. The van der Waals surface area contributed by atoms with Crippen LogP contribution in [0.25, 0.3) is 0 Å². The molecule has 1 atom stereocenters. The third kappa shape index (κ3) is 2.09. The van der Waals surface area contributed by atoms with Gasteiger partial charge in [0.2, 0.25) is 0 Å². The maximum absolute atomic E-state index is 12.4. The lowest BCUT2D eigenvalue weighted by Gasteiger charge is -2.20. The molecule has 0 N–H and O–H groups in total. The lowest BCUT2D eigenvalue weighted by Crippen LogP contribution is -2.28. The van der Waals surface area contributed by atoms with E-state index in [1.54, 1.807) is 18.9 Å². The number of benzene rings is 1. The number of ether oxygens (including phenoxy) is 1. The molecule has 1 heterocycles. The van der Waals surface area contributed by atoms with Crippen molar-refractivity contribution in [3.8, 4) is 5.75 Å². The molecule has 1 aromatic carbocycles. The van der Waals surface area contributed by atoms with Crippen molar-refractivity contribution in [3.05, 3.63) is 29.8 Å². The Labute approximate surface area is 100 Å². The Kier molecular flexibility index (Phi) is 3.24. The van der Waals surface area contributed by atoms with E-state index >= 15 is 0 Å². The molecule has 2 rings (SSSR count). The highest BCUT2D eigenvalue weighted by Crippen LogP contribution is 2.40. The largest absolute Gasteiger partial charge is 0.497 e. The van der Waals surface area contributed by atoms with Gasteiger partial charge in [-0.25, -0.2) is 0 Å². The van der Waals surface area contributed by atoms with Crippen LogP contribution >= 0.6 is 11.8 Å². The molecule has 1 fully saturated rings. The minimum atomic E-state index is -0.230. The van der Waals surface area contributed by atoms with E-state index in [0.29, 0.717) is 0 Å². The number of carbonyl (C=O) groups is 1. The average molecular weight is 236 g/mol. The minimum Gasteiger partial charge on any atom is -0.497 e. The van der Waals surface area contributed by atoms with E-state index < -0.39 is 0 Å². The number of thioether (sulfide) groups is 1. The number of methoxy groups -OCH3 is 1. The van der Waals surface area contributed by atoms with Gasteiger partial charge in [0.1, 0.15) is 5.75 Å². The molecule has 1 unspecified atom stereocenters. The van der Waals surface area contributed by atoms with Gasteiger partial charge in [-0.2, -0.15) is 0 Å². The van der Waals surface area contributed by atoms with Gasteiger partial charge in [0, 0.05) is 5.56 Å². The molecule has 0 bridgehead atoms. The quantitative estimate of drug-likeness (QED) is 0.754. The Morgan fingerprint density at radius 2 is 2.31 bits per heavy atom. The summed E-state index contributed by atoms with van der Waals surface area (Å²) in [7, 11) is 1.62. The van der Waals surface area contributed by atoms with Gasteiger partial charge in [-0.05, 0) is 37.7 Å². The number of hydrogen-bond acceptors (Lipinski definition) is 3. The molecule has 0 saturated carbocycles. The van der Waals surface area contributed by atoms with Crippen LogP contribution in [-0.2, 0) is 0 Å². The number of rotatable bonds is 3. The van der Waals surface area contributed by atoms with Gasteiger partial charge in [-0.3, -0.25) is 4.79 Å². The summed E-state index contributed by atoms with van der Waals surface area (Å²) >= 11 is 1.77. The van der Waals surface area contributed by atoms with Crippen molar-refractivity contribution in [2.75, 3.05) is 12.9 Å². The van der Waals surface area contributed by atoms with Gasteiger partial charge in [-0.15, -0.1) is 11.8 Å². The van der Waals surface area contributed by atoms with Crippen LogP contribution < -0.4 is 4.74 Å². The number of hydrogen-bond donors (Lipinski definition) is 0. The van der Waals surface area contributed by atoms with E-state index in [1.807, 2.05) is 31.2 Å². The van der Waals surface area contributed by atoms with Crippen molar-refractivity contribution >= 4 is 17.5 Å². The summed E-state index contributed by atoms with van der Waals surface area (Å²) in [5.74, 6) is 2.07. The van der Waals surface area contributed by atoms with Gasteiger partial charge < -0.3 is 4.74 Å². The van der Waals surface area contributed by atoms with E-state index in [1.165, 1.54) is 0 Å². The fraction of sp³-hybridized carbons (Fsp3) is 0.462. The molecule has 0 amide bonds. The Balaban J connectivity index is 2.26. The summed E-state index contributed by atoms with van der Waals surface area (Å²) < 4.78 is 4.91. The lowest BCUT2D eigenvalue weighted by molar-refractivity contribution is 0.0948. The second kappa shape index (κ2) is 4.50. The van der Waals surface area contributed by atoms with Gasteiger partial charge >= 0.3 is 0 Å². The van der Waals surface area contributed by atoms with Crippen LogP contribution in [0.4, 0.5) is 0 Å². The molecule has 0 radical (unpaired) electrons. The zero-order valence-corrected chi connectivity index (χ0v) is 10.5. The number of Topliss-reactive ketones (excluding diaryl/α,β-unsaturated/α-hetero) is 1. The molecule has 0 aliphatic carbocycles. The second-order valence-electron chi connectivity index (χ2n) is 4.24. The third-order valence-electron chi connectivity index (χ3n) is 3.03. The smallest absolute Gasteiger partial charge is 0.178 e. The molecule has 0 spiro atoms. The zero-order valence-electron chi connectivity index (χ0n) is 9.66. The summed E-state index contributed by atoms with van der Waals surface area (Å²) in [6, 6.07) is 7.43. The normalized spacial score (nSPS) is 24.4. The highest BCUT2D eigenvalue weighted by atomic mass is 32.2. The van der Waals surface area contributed by atoms with Crippen LogP contribution in [0.3, 0.4) is 0 Å². The highest BCUT2D eigenvalue weighted by molar-refractivity contribution is 8.01. The molecule has 1 aromatic rings. The Morgan fingerprint density at radius 1 is 1.50 bits per heavy atom. The summed E-state index contributed by atoms with van der Waals surface area (Å²) in [4.78, 5) is 12.4. The van der Waals surface area contributed by atoms with Crippen LogP contribution in [0.1, 0.15) is 30.1 Å². The fourth-order valence-electron chi connectivity index (χ4n) is 2.03. The highest BCUT2D eigenvalue weighted by Gasteiger charge is 2.37. The first-order valence-corrected chi connectivity index (χ1v) is 6.47.